The minimum atomic E-state index is -4.38. The Morgan fingerprint density at radius 1 is 0.917 bits per heavy atom. The van der Waals surface area contributed by atoms with Gasteiger partial charge in [0, 0.05) is 69.3 Å². The lowest BCUT2D eigenvalue weighted by molar-refractivity contribution is -0.143. The van der Waals surface area contributed by atoms with Gasteiger partial charge < -0.3 is 28.5 Å². The lowest BCUT2D eigenvalue weighted by atomic mass is 9.83. The summed E-state index contributed by atoms with van der Waals surface area (Å²) in [6.07, 6.45) is 3.08. The molecule has 0 fully saturated rings. The molecule has 4 atom stereocenters. The van der Waals surface area contributed by atoms with Crippen LogP contribution in [-0.2, 0) is 45.6 Å². The third-order valence-corrected chi connectivity index (χ3v) is 15.2. The van der Waals surface area contributed by atoms with E-state index in [1.165, 1.54) is 14.2 Å². The van der Waals surface area contributed by atoms with Crippen molar-refractivity contribution in [2.75, 3.05) is 27.4 Å². The summed E-state index contributed by atoms with van der Waals surface area (Å²) in [5.74, 6) is -2.92. The quantitative estimate of drug-likeness (QED) is 0.0825. The van der Waals surface area contributed by atoms with E-state index >= 15 is 4.57 Å². The molecule has 60 heavy (non-hydrogen) atoms. The summed E-state index contributed by atoms with van der Waals surface area (Å²) in [7, 11) is -1.68. The number of fused-ring (bicyclic) bond motifs is 8. The number of aromatic nitrogens is 4. The second kappa shape index (κ2) is 17.1. The van der Waals surface area contributed by atoms with Gasteiger partial charge in [0.15, 0.2) is 5.28 Å². The number of ether oxygens (including phenoxy) is 2. The molecule has 0 amide bonds. The Morgan fingerprint density at radius 2 is 1.60 bits per heavy atom. The zero-order valence-corrected chi connectivity index (χ0v) is 37.0. The first-order chi connectivity index (χ1) is 28.8. The summed E-state index contributed by atoms with van der Waals surface area (Å²) >= 11 is 0. The number of allylic oxidation sites excluding steroid dienone is 1. The molecule has 0 radical (unpaired) electrons. The lowest BCUT2D eigenvalue weighted by Crippen LogP contribution is -2.51. The van der Waals surface area contributed by atoms with Gasteiger partial charge in [-0.3, -0.25) is 24.5 Å². The highest BCUT2D eigenvalue weighted by Crippen LogP contribution is 2.73. The Hall–Kier alpha value is -5.13. The molecule has 1 aromatic carbocycles. The van der Waals surface area contributed by atoms with Crippen LogP contribution < -0.4 is 5.32 Å². The molecule has 3 aromatic heterocycles. The summed E-state index contributed by atoms with van der Waals surface area (Å²) in [6, 6.07) is 15.9. The molecular formula is C47H56N5O7P. The number of esters is 2. The number of hydrogen-bond acceptors (Lipinski definition) is 10. The number of carbonyl (C=O) groups excluding carboxylic acids is 2. The highest BCUT2D eigenvalue weighted by atomic mass is 31.2. The van der Waals surface area contributed by atoms with Gasteiger partial charge in [0.1, 0.15) is 5.92 Å². The van der Waals surface area contributed by atoms with Crippen molar-refractivity contribution < 1.29 is 32.7 Å². The summed E-state index contributed by atoms with van der Waals surface area (Å²) in [5.41, 5.74) is 12.7. The fourth-order valence-corrected chi connectivity index (χ4v) is 12.0. The molecule has 13 heteroatoms. The molecule has 12 nitrogen and oxygen atoms in total. The second-order valence-corrected chi connectivity index (χ2v) is 17.8. The molecule has 2 aliphatic heterocycles. The molecule has 5 heterocycles. The number of carbonyl (C=O) groups is 2. The first kappa shape index (κ1) is 43.0. The van der Waals surface area contributed by atoms with Gasteiger partial charge in [0.25, 0.3) is 0 Å². The number of hydrogen-bond donors (Lipinski definition) is 3. The number of nitrogens with zero attached hydrogens (tertiary/aromatic N) is 2. The molecule has 8 bridgehead atoms. The fraction of sp³-hybridized carbons (Fsp3) is 0.404. The van der Waals surface area contributed by atoms with Crippen LogP contribution in [0.1, 0.15) is 121 Å². The minimum absolute atomic E-state index is 0.0362. The van der Waals surface area contributed by atoms with Crippen LogP contribution >= 0.6 is 7.60 Å². The molecule has 0 saturated carbocycles. The highest BCUT2D eigenvalue weighted by Gasteiger charge is 2.68. The maximum absolute atomic E-state index is 16.1. The number of aryl methyl sites for hydroxylation is 3. The smallest absolute Gasteiger partial charge is 0.356 e. The van der Waals surface area contributed by atoms with Crippen LogP contribution in [0.4, 0.5) is 0 Å². The Labute approximate surface area is 351 Å². The Morgan fingerprint density at radius 3 is 2.23 bits per heavy atom. The zero-order chi connectivity index (χ0) is 43.1. The van der Waals surface area contributed by atoms with E-state index in [0.29, 0.717) is 40.2 Å². The molecule has 2 unspecified atom stereocenters. The van der Waals surface area contributed by atoms with E-state index in [9.17, 15) is 9.59 Å². The van der Waals surface area contributed by atoms with E-state index in [-0.39, 0.29) is 44.0 Å². The summed E-state index contributed by atoms with van der Waals surface area (Å²) < 4.78 is 39.5. The zero-order valence-electron chi connectivity index (χ0n) is 36.1. The Balaban J connectivity index is 1.71. The average molecular weight is 834 g/mol. The van der Waals surface area contributed by atoms with Gasteiger partial charge in [-0.05, 0) is 93.5 Å². The van der Waals surface area contributed by atoms with E-state index in [1.807, 2.05) is 55.5 Å². The fourth-order valence-electron chi connectivity index (χ4n) is 9.49. The molecular weight excluding hydrogens is 778 g/mol. The topological polar surface area (TPSA) is 158 Å². The third-order valence-electron chi connectivity index (χ3n) is 12.5. The highest BCUT2D eigenvalue weighted by molar-refractivity contribution is 7.56. The van der Waals surface area contributed by atoms with Gasteiger partial charge in [0.05, 0.1) is 44.5 Å². The van der Waals surface area contributed by atoms with Gasteiger partial charge in [-0.2, -0.15) is 0 Å². The first-order valence-electron chi connectivity index (χ1n) is 20.8. The second-order valence-electron chi connectivity index (χ2n) is 15.6. The van der Waals surface area contributed by atoms with Gasteiger partial charge >= 0.3 is 19.5 Å². The van der Waals surface area contributed by atoms with Crippen LogP contribution in [0.5, 0.6) is 0 Å². The van der Waals surface area contributed by atoms with Gasteiger partial charge in [-0.15, -0.1) is 0 Å². The van der Waals surface area contributed by atoms with Crippen LogP contribution in [0, 0.1) is 13.8 Å². The van der Waals surface area contributed by atoms with Gasteiger partial charge in [0.2, 0.25) is 0 Å². The van der Waals surface area contributed by atoms with E-state index in [4.69, 9.17) is 28.5 Å². The van der Waals surface area contributed by atoms with E-state index in [2.05, 4.69) is 55.6 Å². The van der Waals surface area contributed by atoms with Crippen molar-refractivity contribution in [1.29, 1.82) is 0 Å². The van der Waals surface area contributed by atoms with E-state index in [1.54, 1.807) is 13.8 Å². The molecule has 0 saturated heterocycles. The van der Waals surface area contributed by atoms with Crippen molar-refractivity contribution in [2.45, 2.75) is 97.3 Å². The summed E-state index contributed by atoms with van der Waals surface area (Å²) in [5, 5.41) is 1.83. The van der Waals surface area contributed by atoms with Crippen LogP contribution in [0.3, 0.4) is 0 Å². The molecule has 1 aliphatic carbocycles. The number of benzene rings is 1. The normalized spacial score (nSPS) is 19.8. The molecule has 4 aromatic rings. The van der Waals surface area contributed by atoms with Crippen LogP contribution in [-0.4, -0.2) is 64.6 Å². The van der Waals surface area contributed by atoms with E-state index in [0.717, 1.165) is 62.0 Å². The largest absolute Gasteiger partial charge is 0.469 e. The molecule has 3 aliphatic rings. The molecule has 7 rings (SSSR count). The standard InChI is InChI=1S/C47H56N5O7P/c1-11-31-26(5)34-22-36-28(7)33(20-21-40(53)56-9)44(51-36)41-43(46(54)57-10)47(60(55,58-13-3)59-14-4,48-25-30-18-16-15-17-19-30)42-29(8)37(52-45(41)42)24-39-32(12-2)27(6)35(50-39)23-38(31)49-34/h11,15-19,22-24,28,33,43,48-50H,1,12-14,20-21,25H2,2-10H3/t28-,33-,43?,47?/m0/s1. The molecule has 0 spiro atoms. The van der Waals surface area contributed by atoms with Crippen LogP contribution in [0.2, 0.25) is 0 Å². The average Bonchev–Trinajstić information content (AvgIpc) is 3.99. The van der Waals surface area contributed by atoms with Crippen molar-refractivity contribution in [2.24, 2.45) is 0 Å². The van der Waals surface area contributed by atoms with Crippen molar-refractivity contribution in [3.05, 3.63) is 111 Å². The third kappa shape index (κ3) is 6.97. The first-order valence-corrected chi connectivity index (χ1v) is 22.3. The Bertz CT molecular complexity index is 2600. The minimum Gasteiger partial charge on any atom is -0.469 e. The lowest BCUT2D eigenvalue weighted by Gasteiger charge is -2.41. The van der Waals surface area contributed by atoms with Crippen molar-refractivity contribution >= 4 is 58.8 Å². The maximum atomic E-state index is 16.1. The SMILES string of the molecule is C=Cc1c(C)c2cc3nc(c4c5nc(cc6[nH]c(cc1[nH]2)c(C)c6CC)C(C)=C5C(NCc1ccccc1)(P(=O)(OCC)OCC)C4C(=O)OC)[C@@H](CCC(=O)OC)[C@@H]3C. The number of methoxy groups -OCH3 is 2. The van der Waals surface area contributed by atoms with Gasteiger partial charge in [-0.1, -0.05) is 56.8 Å². The summed E-state index contributed by atoms with van der Waals surface area (Å²) in [6.45, 7) is 18.2. The van der Waals surface area contributed by atoms with Crippen molar-refractivity contribution in [1.82, 2.24) is 25.3 Å². The monoisotopic (exact) mass is 833 g/mol. The molecule has 316 valence electrons. The number of aromatic amines is 2. The number of rotatable bonds is 14. The van der Waals surface area contributed by atoms with Crippen LogP contribution in [0.25, 0.3) is 39.3 Å². The van der Waals surface area contributed by atoms with Crippen LogP contribution in [0.15, 0.2) is 55.1 Å². The van der Waals surface area contributed by atoms with Crippen molar-refractivity contribution in [3.63, 3.8) is 0 Å². The Kier molecular flexibility index (Phi) is 12.2. The predicted molar refractivity (Wildman–Crippen MR) is 236 cm³/mol. The number of nitrogens with one attached hydrogen (secondary N) is 3. The number of H-pyrrole nitrogens is 2. The predicted octanol–water partition coefficient (Wildman–Crippen LogP) is 9.93. The maximum Gasteiger partial charge on any atom is 0.356 e. The van der Waals surface area contributed by atoms with Gasteiger partial charge in [-0.25, -0.2) is 4.98 Å². The van der Waals surface area contributed by atoms with E-state index < -0.39 is 24.8 Å². The molecule has 3 N–H and O–H groups in total. The van der Waals surface area contributed by atoms with Crippen molar-refractivity contribution in [3.8, 4) is 0 Å². The summed E-state index contributed by atoms with van der Waals surface area (Å²) in [4.78, 5) is 45.9.